The van der Waals surface area contributed by atoms with Crippen LogP contribution in [0, 0.1) is 20.8 Å². The molecule has 0 aliphatic heterocycles. The Morgan fingerprint density at radius 2 is 1.91 bits per heavy atom. The highest BCUT2D eigenvalue weighted by atomic mass is 32.1. The summed E-state index contributed by atoms with van der Waals surface area (Å²) in [5.74, 6) is -0.693. The zero-order valence-corrected chi connectivity index (χ0v) is 13.7. The number of Topliss-reactive ketones (excluding diaryl/α,β-unsaturated/α-hetero) is 1. The number of ether oxygens (including phenoxy) is 1. The van der Waals surface area contributed by atoms with E-state index in [0.29, 0.717) is 5.56 Å². The molecule has 0 bridgehead atoms. The van der Waals surface area contributed by atoms with Gasteiger partial charge >= 0.3 is 5.97 Å². The maximum Gasteiger partial charge on any atom is 0.331 e. The smallest absolute Gasteiger partial charge is 0.331 e. The van der Waals surface area contributed by atoms with Crippen LogP contribution >= 0.6 is 11.3 Å². The van der Waals surface area contributed by atoms with E-state index in [1.807, 2.05) is 50.4 Å². The Kier molecular flexibility index (Phi) is 5.28. The molecule has 114 valence electrons. The second-order valence-corrected chi connectivity index (χ2v) is 6.10. The van der Waals surface area contributed by atoms with Crippen molar-refractivity contribution in [1.29, 1.82) is 0 Å². The highest BCUT2D eigenvalue weighted by Crippen LogP contribution is 2.17. The van der Waals surface area contributed by atoms with E-state index in [0.717, 1.165) is 21.6 Å². The van der Waals surface area contributed by atoms with Crippen molar-refractivity contribution in [1.82, 2.24) is 0 Å². The topological polar surface area (TPSA) is 43.4 Å². The van der Waals surface area contributed by atoms with Gasteiger partial charge in [-0.15, -0.1) is 11.3 Å². The zero-order valence-electron chi connectivity index (χ0n) is 12.9. The fraction of sp³-hybridized carbons (Fsp3) is 0.222. The average molecular weight is 314 g/mol. The zero-order chi connectivity index (χ0) is 16.1. The quantitative estimate of drug-likeness (QED) is 0.474. The lowest BCUT2D eigenvalue weighted by molar-refractivity contribution is -0.136. The standard InChI is InChI=1S/C18H18O3S/c1-12-4-5-13(2)15(10-12)16(19)11-21-18(20)7-6-17-14(3)8-9-22-17/h4-10H,11H2,1-3H3/b7-6+. The number of carbonyl (C=O) groups excluding carboxylic acids is 2. The Morgan fingerprint density at radius 3 is 2.59 bits per heavy atom. The molecule has 0 N–H and O–H groups in total. The van der Waals surface area contributed by atoms with Crippen LogP contribution in [0.2, 0.25) is 0 Å². The second kappa shape index (κ2) is 7.18. The predicted molar refractivity (Wildman–Crippen MR) is 89.3 cm³/mol. The van der Waals surface area contributed by atoms with Gasteiger partial charge in [0.25, 0.3) is 0 Å². The Bertz CT molecular complexity index is 726. The number of hydrogen-bond acceptors (Lipinski definition) is 4. The normalized spacial score (nSPS) is 10.9. The number of carbonyl (C=O) groups is 2. The SMILES string of the molecule is Cc1ccc(C)c(C(=O)COC(=O)/C=C/c2sccc2C)c1. The van der Waals surface area contributed by atoms with E-state index in [1.54, 1.807) is 17.4 Å². The molecule has 0 aliphatic rings. The van der Waals surface area contributed by atoms with Gasteiger partial charge in [-0.3, -0.25) is 4.79 Å². The minimum atomic E-state index is -0.508. The fourth-order valence-electron chi connectivity index (χ4n) is 2.00. The van der Waals surface area contributed by atoms with E-state index in [9.17, 15) is 9.59 Å². The van der Waals surface area contributed by atoms with Crippen molar-refractivity contribution in [2.24, 2.45) is 0 Å². The van der Waals surface area contributed by atoms with E-state index in [1.165, 1.54) is 6.08 Å². The summed E-state index contributed by atoms with van der Waals surface area (Å²) >= 11 is 1.55. The van der Waals surface area contributed by atoms with Crippen molar-refractivity contribution >= 4 is 29.2 Å². The largest absolute Gasteiger partial charge is 0.454 e. The fourth-order valence-corrected chi connectivity index (χ4v) is 2.82. The third-order valence-electron chi connectivity index (χ3n) is 3.31. The molecule has 0 spiro atoms. The van der Waals surface area contributed by atoms with Crippen LogP contribution in [0.15, 0.2) is 35.7 Å². The van der Waals surface area contributed by atoms with Gasteiger partial charge in [-0.05, 0) is 55.5 Å². The summed E-state index contributed by atoms with van der Waals surface area (Å²) < 4.78 is 5.02. The number of aryl methyl sites for hydroxylation is 3. The minimum Gasteiger partial charge on any atom is -0.454 e. The first-order valence-corrected chi connectivity index (χ1v) is 7.84. The van der Waals surface area contributed by atoms with Gasteiger partial charge in [-0.2, -0.15) is 0 Å². The summed E-state index contributed by atoms with van der Waals surface area (Å²) in [5, 5.41) is 1.96. The first kappa shape index (κ1) is 16.2. The minimum absolute atomic E-state index is 0.185. The van der Waals surface area contributed by atoms with Gasteiger partial charge in [0.2, 0.25) is 5.78 Å². The highest BCUT2D eigenvalue weighted by molar-refractivity contribution is 7.11. The lowest BCUT2D eigenvalue weighted by Gasteiger charge is -2.06. The third-order valence-corrected chi connectivity index (χ3v) is 4.30. The number of benzene rings is 1. The van der Waals surface area contributed by atoms with Crippen molar-refractivity contribution in [3.63, 3.8) is 0 Å². The third kappa shape index (κ3) is 4.15. The van der Waals surface area contributed by atoms with Crippen molar-refractivity contribution in [2.75, 3.05) is 6.61 Å². The molecule has 0 saturated heterocycles. The average Bonchev–Trinajstić information content (AvgIpc) is 2.90. The molecule has 2 rings (SSSR count). The van der Waals surface area contributed by atoms with E-state index < -0.39 is 5.97 Å². The monoisotopic (exact) mass is 314 g/mol. The molecule has 0 aliphatic carbocycles. The Labute approximate surface area is 134 Å². The maximum absolute atomic E-state index is 12.1. The van der Waals surface area contributed by atoms with Gasteiger partial charge in [-0.1, -0.05) is 17.7 Å². The summed E-state index contributed by atoms with van der Waals surface area (Å²) in [5.41, 5.74) is 3.61. The number of esters is 1. The molecule has 0 unspecified atom stereocenters. The molecule has 22 heavy (non-hydrogen) atoms. The first-order chi connectivity index (χ1) is 10.5. The molecule has 0 radical (unpaired) electrons. The second-order valence-electron chi connectivity index (χ2n) is 5.15. The lowest BCUT2D eigenvalue weighted by atomic mass is 10.0. The van der Waals surface area contributed by atoms with Gasteiger partial charge in [0.05, 0.1) is 0 Å². The van der Waals surface area contributed by atoms with Gasteiger partial charge in [0.1, 0.15) is 0 Å². The molecule has 1 aromatic heterocycles. The van der Waals surface area contributed by atoms with Gasteiger partial charge in [-0.25, -0.2) is 4.79 Å². The van der Waals surface area contributed by atoms with Gasteiger partial charge in [0.15, 0.2) is 6.61 Å². The number of hydrogen-bond donors (Lipinski definition) is 0. The summed E-state index contributed by atoms with van der Waals surface area (Å²) in [6.45, 7) is 5.53. The molecule has 1 aromatic carbocycles. The maximum atomic E-state index is 12.1. The molecule has 1 heterocycles. The number of rotatable bonds is 5. The molecule has 0 amide bonds. The molecule has 0 saturated carbocycles. The van der Waals surface area contributed by atoms with Crippen LogP contribution in [-0.4, -0.2) is 18.4 Å². The highest BCUT2D eigenvalue weighted by Gasteiger charge is 2.11. The van der Waals surface area contributed by atoms with Gasteiger partial charge < -0.3 is 4.74 Å². The van der Waals surface area contributed by atoms with Gasteiger partial charge in [0, 0.05) is 16.5 Å². The molecule has 3 nitrogen and oxygen atoms in total. The van der Waals surface area contributed by atoms with Crippen molar-refractivity contribution in [3.05, 3.63) is 62.9 Å². The van der Waals surface area contributed by atoms with E-state index >= 15 is 0 Å². The van der Waals surface area contributed by atoms with Crippen molar-refractivity contribution in [2.45, 2.75) is 20.8 Å². The van der Waals surface area contributed by atoms with Crippen LogP contribution in [0.3, 0.4) is 0 Å². The van der Waals surface area contributed by atoms with E-state index in [-0.39, 0.29) is 12.4 Å². The summed E-state index contributed by atoms with van der Waals surface area (Å²) in [7, 11) is 0. The lowest BCUT2D eigenvalue weighted by Crippen LogP contribution is -2.13. The molecule has 4 heteroatoms. The van der Waals surface area contributed by atoms with E-state index in [2.05, 4.69) is 0 Å². The van der Waals surface area contributed by atoms with Crippen LogP contribution < -0.4 is 0 Å². The summed E-state index contributed by atoms with van der Waals surface area (Å²) in [4.78, 5) is 24.8. The Morgan fingerprint density at radius 1 is 1.14 bits per heavy atom. The first-order valence-electron chi connectivity index (χ1n) is 6.97. The van der Waals surface area contributed by atoms with Crippen molar-refractivity contribution in [3.8, 4) is 0 Å². The summed E-state index contributed by atoms with van der Waals surface area (Å²) in [6, 6.07) is 7.64. The molecular formula is C18H18O3S. The molecule has 0 atom stereocenters. The van der Waals surface area contributed by atoms with E-state index in [4.69, 9.17) is 4.74 Å². The predicted octanol–water partition coefficient (Wildman–Crippen LogP) is 4.11. The van der Waals surface area contributed by atoms with Crippen molar-refractivity contribution < 1.29 is 14.3 Å². The van der Waals surface area contributed by atoms with Crippen LogP contribution in [0.1, 0.15) is 31.9 Å². The molecule has 0 fully saturated rings. The van der Waals surface area contributed by atoms with Crippen LogP contribution in [0.5, 0.6) is 0 Å². The Hall–Kier alpha value is -2.20. The number of ketones is 1. The van der Waals surface area contributed by atoms with Crippen LogP contribution in [0.25, 0.3) is 6.08 Å². The number of thiophene rings is 1. The van der Waals surface area contributed by atoms with Crippen LogP contribution in [0.4, 0.5) is 0 Å². The molecule has 2 aromatic rings. The van der Waals surface area contributed by atoms with Crippen LogP contribution in [-0.2, 0) is 9.53 Å². The molecular weight excluding hydrogens is 296 g/mol. The Balaban J connectivity index is 1.93. The summed E-state index contributed by atoms with van der Waals surface area (Å²) in [6.07, 6.45) is 3.07.